The number of piperidine rings is 1. The van der Waals surface area contributed by atoms with Crippen molar-refractivity contribution in [3.8, 4) is 0 Å². The highest BCUT2D eigenvalue weighted by Gasteiger charge is 2.20. The number of likely N-dealkylation sites (tertiary alicyclic amines) is 1. The first-order valence-electron chi connectivity index (χ1n) is 8.94. The summed E-state index contributed by atoms with van der Waals surface area (Å²) < 4.78 is 5.21. The molecule has 0 aliphatic carbocycles. The Labute approximate surface area is 169 Å². The van der Waals surface area contributed by atoms with Crippen LogP contribution < -0.4 is 11.1 Å². The molecule has 0 radical (unpaired) electrons. The maximum absolute atomic E-state index is 6.02. The maximum Gasteiger partial charge on any atom is 0.193 e. The molecule has 25 heavy (non-hydrogen) atoms. The molecule has 0 saturated carbocycles. The smallest absolute Gasteiger partial charge is 0.193 e. The van der Waals surface area contributed by atoms with Crippen LogP contribution in [0, 0.1) is 11.8 Å². The van der Waals surface area contributed by atoms with Crippen LogP contribution in [0.3, 0.4) is 0 Å². The summed E-state index contributed by atoms with van der Waals surface area (Å²) in [6.07, 6.45) is 2.40. The first-order valence-corrected chi connectivity index (χ1v) is 8.94. The first-order chi connectivity index (χ1) is 11.6. The zero-order chi connectivity index (χ0) is 17.4. The van der Waals surface area contributed by atoms with E-state index < -0.39 is 0 Å². The zero-order valence-corrected chi connectivity index (χ0v) is 18.0. The predicted octanol–water partition coefficient (Wildman–Crippen LogP) is 3.55. The van der Waals surface area contributed by atoms with Gasteiger partial charge in [0.2, 0.25) is 0 Å². The number of para-hydroxylation sites is 1. The van der Waals surface area contributed by atoms with E-state index in [-0.39, 0.29) is 24.0 Å². The van der Waals surface area contributed by atoms with Gasteiger partial charge in [-0.05, 0) is 37.3 Å². The van der Waals surface area contributed by atoms with Gasteiger partial charge in [0, 0.05) is 38.0 Å². The lowest BCUT2D eigenvalue weighted by atomic mass is 9.92. The number of benzene rings is 1. The minimum atomic E-state index is 0. The van der Waals surface area contributed by atoms with E-state index in [0.29, 0.717) is 12.6 Å². The summed E-state index contributed by atoms with van der Waals surface area (Å²) in [5.74, 6) is 2.08. The van der Waals surface area contributed by atoms with Crippen LogP contribution in [-0.4, -0.2) is 44.1 Å². The zero-order valence-electron chi connectivity index (χ0n) is 15.7. The molecule has 142 valence electrons. The Bertz CT molecular complexity index is 528. The molecule has 0 aromatic heterocycles. The Morgan fingerprint density at radius 1 is 1.28 bits per heavy atom. The fourth-order valence-corrected chi connectivity index (χ4v) is 3.57. The number of nitrogens with one attached hydrogen (secondary N) is 1. The SMILES string of the molecule is COCc1ccccc1NC(N)=NCCCN1CC(C)CC(C)C1.I. The molecular formula is C19H33IN4O. The van der Waals surface area contributed by atoms with Crippen molar-refractivity contribution in [3.05, 3.63) is 29.8 Å². The molecule has 5 nitrogen and oxygen atoms in total. The second-order valence-corrected chi connectivity index (χ2v) is 7.04. The van der Waals surface area contributed by atoms with Crippen molar-refractivity contribution in [2.24, 2.45) is 22.6 Å². The monoisotopic (exact) mass is 460 g/mol. The number of guanidine groups is 1. The first kappa shape index (κ1) is 22.2. The van der Waals surface area contributed by atoms with Crippen molar-refractivity contribution in [2.75, 3.05) is 38.6 Å². The number of nitrogens with zero attached hydrogens (tertiary/aromatic N) is 2. The highest BCUT2D eigenvalue weighted by molar-refractivity contribution is 14.0. The molecule has 1 fully saturated rings. The van der Waals surface area contributed by atoms with Gasteiger partial charge in [0.15, 0.2) is 5.96 Å². The van der Waals surface area contributed by atoms with Crippen molar-refractivity contribution in [2.45, 2.75) is 33.3 Å². The average Bonchev–Trinajstić information content (AvgIpc) is 2.53. The van der Waals surface area contributed by atoms with Gasteiger partial charge in [0.1, 0.15) is 0 Å². The number of rotatable bonds is 7. The number of nitrogens with two attached hydrogens (primary N) is 1. The molecule has 1 aromatic carbocycles. The van der Waals surface area contributed by atoms with Crippen molar-refractivity contribution >= 4 is 35.6 Å². The van der Waals surface area contributed by atoms with Gasteiger partial charge in [0.05, 0.1) is 6.61 Å². The number of hydrogen-bond donors (Lipinski definition) is 2. The Morgan fingerprint density at radius 3 is 2.64 bits per heavy atom. The number of hydrogen-bond acceptors (Lipinski definition) is 3. The van der Waals surface area contributed by atoms with Gasteiger partial charge in [-0.25, -0.2) is 0 Å². The highest BCUT2D eigenvalue weighted by Crippen LogP contribution is 2.20. The van der Waals surface area contributed by atoms with Crippen molar-refractivity contribution in [3.63, 3.8) is 0 Å². The van der Waals surface area contributed by atoms with Crippen molar-refractivity contribution in [1.82, 2.24) is 4.90 Å². The third-order valence-electron chi connectivity index (χ3n) is 4.44. The second kappa shape index (κ2) is 11.7. The van der Waals surface area contributed by atoms with E-state index in [1.165, 1.54) is 19.5 Å². The van der Waals surface area contributed by atoms with Crippen molar-refractivity contribution in [1.29, 1.82) is 0 Å². The van der Waals surface area contributed by atoms with Crippen molar-refractivity contribution < 1.29 is 4.74 Å². The van der Waals surface area contributed by atoms with Gasteiger partial charge >= 0.3 is 0 Å². The van der Waals surface area contributed by atoms with E-state index in [1.54, 1.807) is 7.11 Å². The van der Waals surface area contributed by atoms with Crippen LogP contribution >= 0.6 is 24.0 Å². The van der Waals surface area contributed by atoms with Crippen LogP contribution in [0.5, 0.6) is 0 Å². The minimum absolute atomic E-state index is 0. The third kappa shape index (κ3) is 7.92. The number of methoxy groups -OCH3 is 1. The predicted molar refractivity (Wildman–Crippen MR) is 117 cm³/mol. The number of aliphatic imine (C=N–C) groups is 1. The standard InChI is InChI=1S/C19H32N4O.HI/c1-15-11-16(2)13-23(12-15)10-6-9-21-19(20)22-18-8-5-4-7-17(18)14-24-3;/h4-5,7-8,15-16H,6,9-14H2,1-3H3,(H3,20,21,22);1H. The lowest BCUT2D eigenvalue weighted by molar-refractivity contribution is 0.140. The van der Waals surface area contributed by atoms with E-state index in [9.17, 15) is 0 Å². The summed E-state index contributed by atoms with van der Waals surface area (Å²) in [5, 5.41) is 3.18. The number of anilines is 1. The molecule has 1 saturated heterocycles. The molecule has 1 aliphatic rings. The molecule has 2 unspecified atom stereocenters. The van der Waals surface area contributed by atoms with E-state index >= 15 is 0 Å². The van der Waals surface area contributed by atoms with Crippen LogP contribution in [0.4, 0.5) is 5.69 Å². The Morgan fingerprint density at radius 2 is 1.96 bits per heavy atom. The molecule has 2 rings (SSSR count). The van der Waals surface area contributed by atoms with Crippen LogP contribution in [0.2, 0.25) is 0 Å². The van der Waals surface area contributed by atoms with Crippen LogP contribution in [0.1, 0.15) is 32.3 Å². The van der Waals surface area contributed by atoms with Crippen LogP contribution in [0.25, 0.3) is 0 Å². The fourth-order valence-electron chi connectivity index (χ4n) is 3.57. The van der Waals surface area contributed by atoms with E-state index in [0.717, 1.165) is 42.6 Å². The maximum atomic E-state index is 6.02. The van der Waals surface area contributed by atoms with Gasteiger partial charge < -0.3 is 20.7 Å². The van der Waals surface area contributed by atoms with E-state index in [4.69, 9.17) is 10.5 Å². The summed E-state index contributed by atoms with van der Waals surface area (Å²) in [6.45, 7) is 9.54. The van der Waals surface area contributed by atoms with Gasteiger partial charge in [-0.1, -0.05) is 32.0 Å². The Kier molecular flexibility index (Phi) is 10.4. The van der Waals surface area contributed by atoms with E-state index in [2.05, 4.69) is 29.1 Å². The molecule has 0 bridgehead atoms. The molecule has 1 aliphatic heterocycles. The molecular weight excluding hydrogens is 427 g/mol. The number of ether oxygens (including phenoxy) is 1. The van der Waals surface area contributed by atoms with Crippen LogP contribution in [0.15, 0.2) is 29.3 Å². The Balaban J connectivity index is 0.00000312. The Hall–Kier alpha value is -0.860. The molecule has 1 aromatic rings. The summed E-state index contributed by atoms with van der Waals surface area (Å²) in [4.78, 5) is 7.02. The second-order valence-electron chi connectivity index (χ2n) is 7.04. The van der Waals surface area contributed by atoms with E-state index in [1.807, 2.05) is 24.3 Å². The normalized spacial score (nSPS) is 21.6. The third-order valence-corrected chi connectivity index (χ3v) is 4.44. The summed E-state index contributed by atoms with van der Waals surface area (Å²) in [5.41, 5.74) is 8.05. The summed E-state index contributed by atoms with van der Waals surface area (Å²) >= 11 is 0. The highest BCUT2D eigenvalue weighted by atomic mass is 127. The van der Waals surface area contributed by atoms with Gasteiger partial charge in [-0.15, -0.1) is 24.0 Å². The number of halogens is 1. The lowest BCUT2D eigenvalue weighted by Gasteiger charge is -2.34. The molecule has 0 amide bonds. The summed E-state index contributed by atoms with van der Waals surface area (Å²) in [6, 6.07) is 7.99. The lowest BCUT2D eigenvalue weighted by Crippen LogP contribution is -2.39. The topological polar surface area (TPSA) is 62.9 Å². The summed E-state index contributed by atoms with van der Waals surface area (Å²) in [7, 11) is 1.69. The molecule has 0 spiro atoms. The van der Waals surface area contributed by atoms with Gasteiger partial charge in [-0.3, -0.25) is 4.99 Å². The molecule has 2 atom stereocenters. The van der Waals surface area contributed by atoms with Gasteiger partial charge in [0.25, 0.3) is 0 Å². The molecule has 6 heteroatoms. The molecule has 3 N–H and O–H groups in total. The van der Waals surface area contributed by atoms with Gasteiger partial charge in [-0.2, -0.15) is 0 Å². The quantitative estimate of drug-likeness (QED) is 0.283. The minimum Gasteiger partial charge on any atom is -0.380 e. The molecule has 1 heterocycles. The van der Waals surface area contributed by atoms with Crippen LogP contribution in [-0.2, 0) is 11.3 Å². The fraction of sp³-hybridized carbons (Fsp3) is 0.632. The average molecular weight is 460 g/mol. The largest absolute Gasteiger partial charge is 0.380 e.